The van der Waals surface area contributed by atoms with Crippen molar-refractivity contribution in [3.8, 4) is 0 Å². The standard InChI is InChI=1S/C20H22ClN5O2/c1-12-17-18(23-13(2)24-20(17)28-25-12)26-9-5-7-15(11-26)19(27)22-10-14-6-3-4-8-16(14)21/h3-4,6,8,15H,5,7,9-11H2,1-2H3,(H,22,27). The Morgan fingerprint density at radius 3 is 2.96 bits per heavy atom. The highest BCUT2D eigenvalue weighted by Gasteiger charge is 2.29. The summed E-state index contributed by atoms with van der Waals surface area (Å²) in [5.41, 5.74) is 2.17. The first-order valence-electron chi connectivity index (χ1n) is 9.39. The van der Waals surface area contributed by atoms with Crippen molar-refractivity contribution >= 4 is 34.4 Å². The third-order valence-corrected chi connectivity index (χ3v) is 5.47. The van der Waals surface area contributed by atoms with Gasteiger partial charge in [0.15, 0.2) is 0 Å². The number of nitrogens with zero attached hydrogens (tertiary/aromatic N) is 4. The quantitative estimate of drug-likeness (QED) is 0.723. The molecule has 0 saturated carbocycles. The van der Waals surface area contributed by atoms with Crippen LogP contribution in [0, 0.1) is 19.8 Å². The number of carbonyl (C=O) groups excluding carboxylic acids is 1. The van der Waals surface area contributed by atoms with Crippen LogP contribution in [0.5, 0.6) is 0 Å². The van der Waals surface area contributed by atoms with Gasteiger partial charge in [-0.05, 0) is 38.3 Å². The van der Waals surface area contributed by atoms with Crippen LogP contribution in [0.15, 0.2) is 28.8 Å². The van der Waals surface area contributed by atoms with Crippen molar-refractivity contribution in [3.05, 3.63) is 46.4 Å². The molecule has 3 aromatic rings. The molecule has 8 heteroatoms. The van der Waals surface area contributed by atoms with Gasteiger partial charge in [0.25, 0.3) is 5.71 Å². The highest BCUT2D eigenvalue weighted by Crippen LogP contribution is 2.30. The number of benzene rings is 1. The topological polar surface area (TPSA) is 84.2 Å². The predicted molar refractivity (Wildman–Crippen MR) is 107 cm³/mol. The molecular formula is C20H22ClN5O2. The number of piperidine rings is 1. The van der Waals surface area contributed by atoms with E-state index in [9.17, 15) is 4.79 Å². The van der Waals surface area contributed by atoms with Crippen molar-refractivity contribution in [2.45, 2.75) is 33.2 Å². The van der Waals surface area contributed by atoms with Crippen molar-refractivity contribution in [1.82, 2.24) is 20.4 Å². The molecule has 1 aromatic carbocycles. The third kappa shape index (κ3) is 3.67. The number of hydrogen-bond acceptors (Lipinski definition) is 6. The summed E-state index contributed by atoms with van der Waals surface area (Å²) in [5.74, 6) is 1.35. The van der Waals surface area contributed by atoms with E-state index in [0.717, 1.165) is 41.8 Å². The molecule has 0 bridgehead atoms. The molecule has 1 unspecified atom stereocenters. The normalized spacial score (nSPS) is 17.1. The Labute approximate surface area is 168 Å². The van der Waals surface area contributed by atoms with Gasteiger partial charge in [-0.3, -0.25) is 4.79 Å². The van der Waals surface area contributed by atoms with Gasteiger partial charge in [-0.1, -0.05) is 35.0 Å². The SMILES string of the molecule is Cc1nc(N2CCCC(C(=O)NCc3ccccc3Cl)C2)c2c(C)noc2n1. The molecule has 0 radical (unpaired) electrons. The van der Waals surface area contributed by atoms with Gasteiger partial charge < -0.3 is 14.7 Å². The lowest BCUT2D eigenvalue weighted by molar-refractivity contribution is -0.125. The molecule has 7 nitrogen and oxygen atoms in total. The Hall–Kier alpha value is -2.67. The maximum atomic E-state index is 12.8. The number of aryl methyl sites for hydroxylation is 2. The van der Waals surface area contributed by atoms with Crippen LogP contribution in [0.1, 0.15) is 29.9 Å². The van der Waals surface area contributed by atoms with E-state index in [-0.39, 0.29) is 11.8 Å². The number of rotatable bonds is 4. The van der Waals surface area contributed by atoms with Crippen molar-refractivity contribution < 1.29 is 9.32 Å². The summed E-state index contributed by atoms with van der Waals surface area (Å²) in [6, 6.07) is 7.55. The molecule has 1 saturated heterocycles. The van der Waals surface area contributed by atoms with Crippen LogP contribution in [0.4, 0.5) is 5.82 Å². The average Bonchev–Trinajstić information content (AvgIpc) is 3.07. The average molecular weight is 400 g/mol. The molecule has 0 spiro atoms. The maximum Gasteiger partial charge on any atom is 0.263 e. The number of nitrogens with one attached hydrogen (secondary N) is 1. The molecule has 1 fully saturated rings. The molecule has 0 aliphatic carbocycles. The fourth-order valence-corrected chi connectivity index (χ4v) is 3.86. The maximum absolute atomic E-state index is 12.8. The third-order valence-electron chi connectivity index (χ3n) is 5.10. The smallest absolute Gasteiger partial charge is 0.263 e. The molecule has 1 aliphatic rings. The van der Waals surface area contributed by atoms with Crippen LogP contribution < -0.4 is 10.2 Å². The van der Waals surface area contributed by atoms with Crippen molar-refractivity contribution in [2.75, 3.05) is 18.0 Å². The molecule has 1 aliphatic heterocycles. The van der Waals surface area contributed by atoms with E-state index in [1.807, 2.05) is 38.1 Å². The number of halogens is 1. The van der Waals surface area contributed by atoms with Gasteiger partial charge in [-0.25, -0.2) is 4.98 Å². The highest BCUT2D eigenvalue weighted by molar-refractivity contribution is 6.31. The monoisotopic (exact) mass is 399 g/mol. The zero-order valence-corrected chi connectivity index (χ0v) is 16.7. The summed E-state index contributed by atoms with van der Waals surface area (Å²) in [6.45, 7) is 5.58. The number of aromatic nitrogens is 3. The summed E-state index contributed by atoms with van der Waals surface area (Å²) in [4.78, 5) is 23.8. The highest BCUT2D eigenvalue weighted by atomic mass is 35.5. The molecule has 28 heavy (non-hydrogen) atoms. The van der Waals surface area contributed by atoms with Crippen LogP contribution in [-0.2, 0) is 11.3 Å². The molecule has 1 amide bonds. The summed E-state index contributed by atoms with van der Waals surface area (Å²) >= 11 is 6.18. The van der Waals surface area contributed by atoms with E-state index >= 15 is 0 Å². The second kappa shape index (κ2) is 7.75. The van der Waals surface area contributed by atoms with Gasteiger partial charge in [0, 0.05) is 24.7 Å². The van der Waals surface area contributed by atoms with Gasteiger partial charge in [0.1, 0.15) is 17.0 Å². The van der Waals surface area contributed by atoms with E-state index in [1.165, 1.54) is 0 Å². The lowest BCUT2D eigenvalue weighted by Gasteiger charge is -2.33. The minimum absolute atomic E-state index is 0.0358. The number of amides is 1. The van der Waals surface area contributed by atoms with Crippen molar-refractivity contribution in [3.63, 3.8) is 0 Å². The van der Waals surface area contributed by atoms with E-state index in [4.69, 9.17) is 16.1 Å². The van der Waals surface area contributed by atoms with Crippen LogP contribution in [0.25, 0.3) is 11.1 Å². The number of hydrogen-bond donors (Lipinski definition) is 1. The van der Waals surface area contributed by atoms with E-state index < -0.39 is 0 Å². The minimum Gasteiger partial charge on any atom is -0.355 e. The summed E-state index contributed by atoms with van der Waals surface area (Å²) in [7, 11) is 0. The second-order valence-electron chi connectivity index (χ2n) is 7.14. The van der Waals surface area contributed by atoms with Gasteiger partial charge in [-0.15, -0.1) is 0 Å². The molecule has 2 aromatic heterocycles. The minimum atomic E-state index is -0.110. The van der Waals surface area contributed by atoms with E-state index in [1.54, 1.807) is 0 Å². The van der Waals surface area contributed by atoms with Crippen molar-refractivity contribution in [2.24, 2.45) is 5.92 Å². The predicted octanol–water partition coefficient (Wildman–Crippen LogP) is 3.42. The Morgan fingerprint density at radius 2 is 2.14 bits per heavy atom. The second-order valence-corrected chi connectivity index (χ2v) is 7.54. The van der Waals surface area contributed by atoms with Crippen LogP contribution >= 0.6 is 11.6 Å². The van der Waals surface area contributed by atoms with Gasteiger partial charge >= 0.3 is 0 Å². The Balaban J connectivity index is 1.50. The Kier molecular flexibility index (Phi) is 5.17. The lowest BCUT2D eigenvalue weighted by atomic mass is 9.96. The molecule has 4 rings (SSSR count). The zero-order valence-electron chi connectivity index (χ0n) is 15.9. The molecule has 3 heterocycles. The Morgan fingerprint density at radius 1 is 1.32 bits per heavy atom. The molecular weight excluding hydrogens is 378 g/mol. The number of anilines is 1. The fourth-order valence-electron chi connectivity index (χ4n) is 3.65. The Bertz CT molecular complexity index is 1020. The summed E-state index contributed by atoms with van der Waals surface area (Å²) < 4.78 is 5.31. The zero-order chi connectivity index (χ0) is 19.7. The first-order valence-corrected chi connectivity index (χ1v) is 9.77. The van der Waals surface area contributed by atoms with Gasteiger partial charge in [-0.2, -0.15) is 4.98 Å². The van der Waals surface area contributed by atoms with Crippen LogP contribution in [0.3, 0.4) is 0 Å². The first-order chi connectivity index (χ1) is 13.5. The molecule has 1 N–H and O–H groups in total. The van der Waals surface area contributed by atoms with Crippen LogP contribution in [0.2, 0.25) is 5.02 Å². The van der Waals surface area contributed by atoms with Gasteiger partial charge in [0.05, 0.1) is 11.6 Å². The summed E-state index contributed by atoms with van der Waals surface area (Å²) in [5, 5.41) is 8.53. The lowest BCUT2D eigenvalue weighted by Crippen LogP contribution is -2.43. The molecule has 146 valence electrons. The van der Waals surface area contributed by atoms with E-state index in [0.29, 0.717) is 29.7 Å². The van der Waals surface area contributed by atoms with Crippen LogP contribution in [-0.4, -0.2) is 34.1 Å². The largest absolute Gasteiger partial charge is 0.355 e. The summed E-state index contributed by atoms with van der Waals surface area (Å²) in [6.07, 6.45) is 1.76. The van der Waals surface area contributed by atoms with Crippen molar-refractivity contribution in [1.29, 1.82) is 0 Å². The number of carbonyl (C=O) groups is 1. The number of fused-ring (bicyclic) bond motifs is 1. The molecule has 1 atom stereocenters. The fraction of sp³-hybridized carbons (Fsp3) is 0.400. The first kappa shape index (κ1) is 18.7. The van der Waals surface area contributed by atoms with E-state index in [2.05, 4.69) is 25.3 Å². The van der Waals surface area contributed by atoms with Gasteiger partial charge in [0.2, 0.25) is 5.91 Å².